The van der Waals surface area contributed by atoms with Gasteiger partial charge in [0.25, 0.3) is 0 Å². The molecule has 2 heterocycles. The van der Waals surface area contributed by atoms with Crippen LogP contribution in [0.2, 0.25) is 0 Å². The normalized spacial score (nSPS) is 20.0. The smallest absolute Gasteiger partial charge is 0.407 e. The molecule has 3 rings (SSSR count). The molecule has 2 atom stereocenters. The van der Waals surface area contributed by atoms with Crippen LogP contribution in [0.1, 0.15) is 12.1 Å². The Bertz CT molecular complexity index is 951. The first kappa shape index (κ1) is 19.2. The van der Waals surface area contributed by atoms with Gasteiger partial charge >= 0.3 is 6.09 Å². The maximum Gasteiger partial charge on any atom is 0.407 e. The van der Waals surface area contributed by atoms with Gasteiger partial charge in [0, 0.05) is 30.3 Å². The standard InChI is InChI=1S/C18H20FN3O4S/c1-27(25,26)21-16-8-9-22(18(23)24)17(16)11-14-6-3-7-15(20-14)12-4-2-5-13(19)10-12/h2-7,10,16-17,21H,8-9,11H2,1H3,(H,23,24)/t16-,17-/m1/s1. The van der Waals surface area contributed by atoms with Gasteiger partial charge in [0.2, 0.25) is 10.0 Å². The van der Waals surface area contributed by atoms with Gasteiger partial charge in [-0.15, -0.1) is 0 Å². The van der Waals surface area contributed by atoms with Crippen LogP contribution < -0.4 is 4.72 Å². The highest BCUT2D eigenvalue weighted by Gasteiger charge is 2.38. The van der Waals surface area contributed by atoms with Gasteiger partial charge in [0.1, 0.15) is 5.82 Å². The van der Waals surface area contributed by atoms with E-state index in [0.29, 0.717) is 23.4 Å². The van der Waals surface area contributed by atoms with Crippen molar-refractivity contribution in [1.29, 1.82) is 0 Å². The number of pyridine rings is 1. The number of likely N-dealkylation sites (tertiary alicyclic amines) is 1. The zero-order chi connectivity index (χ0) is 19.6. The topological polar surface area (TPSA) is 99.6 Å². The third-order valence-corrected chi connectivity index (χ3v) is 5.23. The molecule has 1 amide bonds. The summed E-state index contributed by atoms with van der Waals surface area (Å²) in [6.07, 6.45) is 0.603. The Morgan fingerprint density at radius 2 is 2.07 bits per heavy atom. The highest BCUT2D eigenvalue weighted by molar-refractivity contribution is 7.88. The van der Waals surface area contributed by atoms with Crippen molar-refractivity contribution in [2.45, 2.75) is 24.9 Å². The van der Waals surface area contributed by atoms with Crippen molar-refractivity contribution in [3.63, 3.8) is 0 Å². The fourth-order valence-electron chi connectivity index (χ4n) is 3.37. The van der Waals surface area contributed by atoms with Gasteiger partial charge in [-0.05, 0) is 30.7 Å². The molecule has 27 heavy (non-hydrogen) atoms. The van der Waals surface area contributed by atoms with Crippen molar-refractivity contribution in [2.75, 3.05) is 12.8 Å². The first-order valence-electron chi connectivity index (χ1n) is 8.42. The molecule has 1 fully saturated rings. The minimum Gasteiger partial charge on any atom is -0.465 e. The molecule has 1 aliphatic heterocycles. The van der Waals surface area contributed by atoms with Crippen LogP contribution in [0, 0.1) is 5.82 Å². The van der Waals surface area contributed by atoms with Crippen LogP contribution in [0.15, 0.2) is 42.5 Å². The van der Waals surface area contributed by atoms with Gasteiger partial charge in [-0.3, -0.25) is 4.98 Å². The van der Waals surface area contributed by atoms with E-state index in [-0.39, 0.29) is 18.8 Å². The zero-order valence-electron chi connectivity index (χ0n) is 14.7. The molecule has 0 saturated carbocycles. The van der Waals surface area contributed by atoms with Gasteiger partial charge in [0.15, 0.2) is 0 Å². The third kappa shape index (κ3) is 4.81. The Hall–Kier alpha value is -2.52. The fourth-order valence-corrected chi connectivity index (χ4v) is 4.20. The number of sulfonamides is 1. The lowest BCUT2D eigenvalue weighted by Crippen LogP contribution is -2.47. The van der Waals surface area contributed by atoms with E-state index in [0.717, 1.165) is 6.26 Å². The maximum atomic E-state index is 13.5. The maximum absolute atomic E-state index is 13.5. The molecule has 0 bridgehead atoms. The number of hydrogen-bond donors (Lipinski definition) is 2. The molecular weight excluding hydrogens is 373 g/mol. The molecular formula is C18H20FN3O4S. The van der Waals surface area contributed by atoms with E-state index in [4.69, 9.17) is 0 Å². The Morgan fingerprint density at radius 1 is 1.33 bits per heavy atom. The molecule has 1 saturated heterocycles. The van der Waals surface area contributed by atoms with E-state index >= 15 is 0 Å². The highest BCUT2D eigenvalue weighted by atomic mass is 32.2. The van der Waals surface area contributed by atoms with E-state index in [2.05, 4.69) is 9.71 Å². The van der Waals surface area contributed by atoms with Crippen LogP contribution in [0.4, 0.5) is 9.18 Å². The summed E-state index contributed by atoms with van der Waals surface area (Å²) in [7, 11) is -3.47. The summed E-state index contributed by atoms with van der Waals surface area (Å²) in [5.41, 5.74) is 1.79. The van der Waals surface area contributed by atoms with Crippen molar-refractivity contribution in [3.8, 4) is 11.3 Å². The summed E-state index contributed by atoms with van der Waals surface area (Å²) in [5.74, 6) is -0.370. The zero-order valence-corrected chi connectivity index (χ0v) is 15.5. The second-order valence-corrected chi connectivity index (χ2v) is 8.34. The Morgan fingerprint density at radius 3 is 2.74 bits per heavy atom. The van der Waals surface area contributed by atoms with Crippen LogP contribution in [-0.2, 0) is 16.4 Å². The van der Waals surface area contributed by atoms with Crippen LogP contribution >= 0.6 is 0 Å². The predicted molar refractivity (Wildman–Crippen MR) is 98.2 cm³/mol. The Balaban J connectivity index is 1.87. The molecule has 1 aliphatic rings. The molecule has 2 N–H and O–H groups in total. The molecule has 1 aromatic carbocycles. The van der Waals surface area contributed by atoms with Crippen molar-refractivity contribution in [1.82, 2.24) is 14.6 Å². The lowest BCUT2D eigenvalue weighted by atomic mass is 10.0. The molecule has 1 aromatic heterocycles. The van der Waals surface area contributed by atoms with Gasteiger partial charge in [0.05, 0.1) is 18.0 Å². The van der Waals surface area contributed by atoms with E-state index in [1.54, 1.807) is 30.3 Å². The third-order valence-electron chi connectivity index (χ3n) is 4.50. The molecule has 0 unspecified atom stereocenters. The second-order valence-electron chi connectivity index (χ2n) is 6.56. The number of halogens is 1. The molecule has 0 radical (unpaired) electrons. The van der Waals surface area contributed by atoms with Gasteiger partial charge < -0.3 is 10.0 Å². The summed E-state index contributed by atoms with van der Waals surface area (Å²) in [5, 5.41) is 9.43. The summed E-state index contributed by atoms with van der Waals surface area (Å²) in [6.45, 7) is 0.247. The first-order valence-corrected chi connectivity index (χ1v) is 10.3. The second kappa shape index (κ2) is 7.61. The first-order chi connectivity index (χ1) is 12.7. The molecule has 144 valence electrons. The lowest BCUT2D eigenvalue weighted by Gasteiger charge is -2.26. The van der Waals surface area contributed by atoms with Crippen LogP contribution in [0.5, 0.6) is 0 Å². The molecule has 7 nitrogen and oxygen atoms in total. The average molecular weight is 393 g/mol. The summed E-state index contributed by atoms with van der Waals surface area (Å²) in [6, 6.07) is 10.2. The number of benzene rings is 1. The van der Waals surface area contributed by atoms with Crippen molar-refractivity contribution >= 4 is 16.1 Å². The van der Waals surface area contributed by atoms with E-state index < -0.39 is 28.2 Å². The van der Waals surface area contributed by atoms with Crippen molar-refractivity contribution < 1.29 is 22.7 Å². The number of carboxylic acid groups (broad SMARTS) is 1. The monoisotopic (exact) mass is 393 g/mol. The minimum atomic E-state index is -3.47. The molecule has 9 heteroatoms. The summed E-state index contributed by atoms with van der Waals surface area (Å²) in [4.78, 5) is 17.3. The number of nitrogens with one attached hydrogen (secondary N) is 1. The van der Waals surface area contributed by atoms with Crippen molar-refractivity contribution in [3.05, 3.63) is 54.0 Å². The number of aromatic nitrogens is 1. The summed E-state index contributed by atoms with van der Waals surface area (Å²) >= 11 is 0. The number of carbonyl (C=O) groups is 1. The number of rotatable bonds is 5. The van der Waals surface area contributed by atoms with E-state index in [9.17, 15) is 22.7 Å². The Kier molecular flexibility index (Phi) is 5.43. The number of amides is 1. The van der Waals surface area contributed by atoms with Gasteiger partial charge in [-0.2, -0.15) is 0 Å². The largest absolute Gasteiger partial charge is 0.465 e. The lowest BCUT2D eigenvalue weighted by molar-refractivity contribution is 0.137. The van der Waals surface area contributed by atoms with Crippen LogP contribution in [0.3, 0.4) is 0 Å². The number of hydrogen-bond acceptors (Lipinski definition) is 4. The Labute approximate surface area is 156 Å². The minimum absolute atomic E-state index is 0.247. The van der Waals surface area contributed by atoms with Crippen LogP contribution in [0.25, 0.3) is 11.3 Å². The van der Waals surface area contributed by atoms with Crippen LogP contribution in [-0.4, -0.2) is 54.4 Å². The number of nitrogens with zero attached hydrogens (tertiary/aromatic N) is 2. The molecule has 0 spiro atoms. The predicted octanol–water partition coefficient (Wildman–Crippen LogP) is 2.10. The molecule has 0 aliphatic carbocycles. The van der Waals surface area contributed by atoms with Crippen molar-refractivity contribution in [2.24, 2.45) is 0 Å². The van der Waals surface area contributed by atoms with Gasteiger partial charge in [-0.25, -0.2) is 22.3 Å². The quantitative estimate of drug-likeness (QED) is 0.810. The summed E-state index contributed by atoms with van der Waals surface area (Å²) < 4.78 is 39.2. The SMILES string of the molecule is CS(=O)(=O)N[C@@H]1CCN(C(=O)O)[C@@H]1Cc1cccc(-c2cccc(F)c2)n1. The average Bonchev–Trinajstić information content (AvgIpc) is 2.96. The molecule has 2 aromatic rings. The highest BCUT2D eigenvalue weighted by Crippen LogP contribution is 2.24. The van der Waals surface area contributed by atoms with E-state index in [1.807, 2.05) is 0 Å². The van der Waals surface area contributed by atoms with E-state index in [1.165, 1.54) is 17.0 Å². The fraction of sp³-hybridized carbons (Fsp3) is 0.333. The van der Waals surface area contributed by atoms with Gasteiger partial charge in [-0.1, -0.05) is 18.2 Å².